The molecule has 10 rings (SSSR count). The van der Waals surface area contributed by atoms with Crippen LogP contribution in [0, 0.1) is 0 Å². The van der Waals surface area contributed by atoms with Gasteiger partial charge in [-0.2, -0.15) is 0 Å². The summed E-state index contributed by atoms with van der Waals surface area (Å²) in [6.45, 7) is 4.57. The summed E-state index contributed by atoms with van der Waals surface area (Å²) in [7, 11) is 0. The zero-order valence-electron chi connectivity index (χ0n) is 26.4. The number of furan rings is 1. The van der Waals surface area contributed by atoms with E-state index in [-0.39, 0.29) is 5.41 Å². The summed E-state index contributed by atoms with van der Waals surface area (Å²) in [6.07, 6.45) is 5.75. The van der Waals surface area contributed by atoms with E-state index in [1.54, 1.807) is 0 Å². The van der Waals surface area contributed by atoms with Gasteiger partial charge in [-0.15, -0.1) is 0 Å². The highest BCUT2D eigenvalue weighted by Crippen LogP contribution is 2.52. The van der Waals surface area contributed by atoms with Crippen LogP contribution < -0.4 is 4.74 Å². The van der Waals surface area contributed by atoms with Gasteiger partial charge in [-0.05, 0) is 80.0 Å². The van der Waals surface area contributed by atoms with Gasteiger partial charge in [0.2, 0.25) is 0 Å². The van der Waals surface area contributed by atoms with Gasteiger partial charge in [0.15, 0.2) is 11.3 Å². The molecule has 2 nitrogen and oxygen atoms in total. The molecule has 2 aliphatic rings. The Morgan fingerprint density at radius 2 is 1.28 bits per heavy atom. The van der Waals surface area contributed by atoms with E-state index in [4.69, 9.17) is 9.15 Å². The Morgan fingerprint density at radius 1 is 0.596 bits per heavy atom. The summed E-state index contributed by atoms with van der Waals surface area (Å²) in [6, 6.07) is 46.1. The molecule has 0 saturated heterocycles. The number of hydrogen-bond donors (Lipinski definition) is 0. The van der Waals surface area contributed by atoms with Crippen molar-refractivity contribution in [3.8, 4) is 22.6 Å². The summed E-state index contributed by atoms with van der Waals surface area (Å²) in [5.74, 6) is 2.06. The van der Waals surface area contributed by atoms with Crippen molar-refractivity contribution in [3.63, 3.8) is 0 Å². The molecule has 2 heteroatoms. The summed E-state index contributed by atoms with van der Waals surface area (Å²) < 4.78 is 13.0. The molecular formula is C45H32O2. The van der Waals surface area contributed by atoms with Gasteiger partial charge in [-0.25, -0.2) is 0 Å². The van der Waals surface area contributed by atoms with Crippen molar-refractivity contribution >= 4 is 49.6 Å². The summed E-state index contributed by atoms with van der Waals surface area (Å²) in [5, 5.41) is 7.59. The monoisotopic (exact) mass is 604 g/mol. The Labute approximate surface area is 273 Å². The lowest BCUT2D eigenvalue weighted by atomic mass is 9.74. The van der Waals surface area contributed by atoms with E-state index in [2.05, 4.69) is 141 Å². The molecule has 8 aromatic rings. The standard InChI is InChI=1S/C45H32O2/c1-45(2)39-23-22-37-36-13-7-8-14-41(36)46-43(37)44(39)47-42-24-20-30(26-40(42)45)28-17-15-27(16-18-28)29-19-21-35-33-11-4-3-9-31(33)32-10-5-6-12-34(32)38(35)25-29/h3-24,26,29H,25H2,1-2H3. The van der Waals surface area contributed by atoms with Crippen LogP contribution in [0.5, 0.6) is 11.5 Å². The third-order valence-corrected chi connectivity index (χ3v) is 10.7. The van der Waals surface area contributed by atoms with Crippen LogP contribution in [-0.2, 0) is 11.8 Å². The van der Waals surface area contributed by atoms with Crippen molar-refractivity contribution in [2.45, 2.75) is 31.6 Å². The number of fused-ring (bicyclic) bond motifs is 12. The molecule has 47 heavy (non-hydrogen) atoms. The normalized spacial score (nSPS) is 16.3. The van der Waals surface area contributed by atoms with Crippen molar-refractivity contribution in [2.24, 2.45) is 0 Å². The molecule has 224 valence electrons. The highest BCUT2D eigenvalue weighted by atomic mass is 16.5. The maximum absolute atomic E-state index is 6.63. The third-order valence-electron chi connectivity index (χ3n) is 10.7. The first-order chi connectivity index (χ1) is 23.0. The van der Waals surface area contributed by atoms with Crippen LogP contribution in [0.2, 0.25) is 0 Å². The Balaban J connectivity index is 0.988. The van der Waals surface area contributed by atoms with Gasteiger partial charge in [0.05, 0.1) is 0 Å². The quantitative estimate of drug-likeness (QED) is 0.183. The van der Waals surface area contributed by atoms with Gasteiger partial charge in [0.1, 0.15) is 11.3 Å². The van der Waals surface area contributed by atoms with E-state index in [0.29, 0.717) is 5.92 Å². The van der Waals surface area contributed by atoms with Gasteiger partial charge in [-0.1, -0.05) is 129 Å². The smallest absolute Gasteiger partial charge is 0.178 e. The number of allylic oxidation sites excluding steroid dienone is 1. The second-order valence-corrected chi connectivity index (χ2v) is 13.6. The van der Waals surface area contributed by atoms with Gasteiger partial charge in [-0.3, -0.25) is 0 Å². The molecule has 7 aromatic carbocycles. The van der Waals surface area contributed by atoms with Crippen LogP contribution >= 0.6 is 0 Å². The fraction of sp³-hybridized carbons (Fsp3) is 0.111. The van der Waals surface area contributed by atoms with E-state index in [9.17, 15) is 0 Å². The maximum atomic E-state index is 6.63. The fourth-order valence-electron chi connectivity index (χ4n) is 8.20. The predicted molar refractivity (Wildman–Crippen MR) is 195 cm³/mol. The van der Waals surface area contributed by atoms with E-state index in [0.717, 1.165) is 45.4 Å². The Kier molecular flexibility index (Phi) is 5.49. The van der Waals surface area contributed by atoms with Crippen molar-refractivity contribution in [3.05, 3.63) is 161 Å². The Morgan fingerprint density at radius 3 is 2.09 bits per heavy atom. The Bertz CT molecular complexity index is 2600. The number of ether oxygens (including phenoxy) is 1. The zero-order chi connectivity index (χ0) is 31.3. The lowest BCUT2D eigenvalue weighted by Gasteiger charge is -2.34. The number of para-hydroxylation sites is 1. The third kappa shape index (κ3) is 3.85. The molecule has 0 fully saturated rings. The molecule has 0 N–H and O–H groups in total. The average Bonchev–Trinajstić information content (AvgIpc) is 3.51. The van der Waals surface area contributed by atoms with Gasteiger partial charge in [0, 0.05) is 33.2 Å². The maximum Gasteiger partial charge on any atom is 0.178 e. The second-order valence-electron chi connectivity index (χ2n) is 13.6. The first kappa shape index (κ1) is 26.6. The van der Waals surface area contributed by atoms with Crippen LogP contribution in [0.15, 0.2) is 138 Å². The molecule has 1 aromatic heterocycles. The molecule has 0 bridgehead atoms. The fourth-order valence-corrected chi connectivity index (χ4v) is 8.20. The molecule has 2 heterocycles. The van der Waals surface area contributed by atoms with Crippen molar-refractivity contribution in [1.29, 1.82) is 0 Å². The van der Waals surface area contributed by atoms with E-state index >= 15 is 0 Å². The molecule has 0 radical (unpaired) electrons. The van der Waals surface area contributed by atoms with E-state index in [1.807, 2.05) is 12.1 Å². The lowest BCUT2D eigenvalue weighted by molar-refractivity contribution is 0.415. The molecule has 0 saturated carbocycles. The van der Waals surface area contributed by atoms with E-state index < -0.39 is 0 Å². The van der Waals surface area contributed by atoms with Crippen LogP contribution in [0.4, 0.5) is 0 Å². The lowest BCUT2D eigenvalue weighted by Crippen LogP contribution is -2.24. The predicted octanol–water partition coefficient (Wildman–Crippen LogP) is 12.3. The summed E-state index contributed by atoms with van der Waals surface area (Å²) >= 11 is 0. The van der Waals surface area contributed by atoms with Crippen LogP contribution in [0.3, 0.4) is 0 Å². The highest BCUT2D eigenvalue weighted by molar-refractivity contribution is 6.13. The van der Waals surface area contributed by atoms with Crippen LogP contribution in [0.25, 0.3) is 60.7 Å². The molecule has 1 aliphatic carbocycles. The molecular weight excluding hydrogens is 572 g/mol. The number of rotatable bonds is 2. The molecule has 1 atom stereocenters. The van der Waals surface area contributed by atoms with Crippen molar-refractivity contribution in [2.75, 3.05) is 0 Å². The molecule has 1 aliphatic heterocycles. The number of hydrogen-bond acceptors (Lipinski definition) is 2. The van der Waals surface area contributed by atoms with Crippen LogP contribution in [0.1, 0.15) is 47.6 Å². The largest absolute Gasteiger partial charge is 0.453 e. The molecule has 1 unspecified atom stereocenters. The van der Waals surface area contributed by atoms with Gasteiger partial charge in [0.25, 0.3) is 0 Å². The van der Waals surface area contributed by atoms with Crippen molar-refractivity contribution < 1.29 is 9.15 Å². The first-order valence-electron chi connectivity index (χ1n) is 16.5. The number of benzene rings is 7. The highest BCUT2D eigenvalue weighted by Gasteiger charge is 2.36. The van der Waals surface area contributed by atoms with Crippen molar-refractivity contribution in [1.82, 2.24) is 0 Å². The minimum Gasteiger partial charge on any atom is -0.453 e. The zero-order valence-corrected chi connectivity index (χ0v) is 26.4. The van der Waals surface area contributed by atoms with E-state index in [1.165, 1.54) is 54.9 Å². The van der Waals surface area contributed by atoms with Gasteiger partial charge >= 0.3 is 0 Å². The minimum absolute atomic E-state index is 0.251. The summed E-state index contributed by atoms with van der Waals surface area (Å²) in [4.78, 5) is 0. The first-order valence-corrected chi connectivity index (χ1v) is 16.5. The molecule has 0 spiro atoms. The van der Waals surface area contributed by atoms with Gasteiger partial charge < -0.3 is 9.15 Å². The van der Waals surface area contributed by atoms with Crippen LogP contribution in [-0.4, -0.2) is 0 Å². The average molecular weight is 605 g/mol. The molecule has 0 amide bonds. The second kappa shape index (κ2) is 9.70. The SMILES string of the molecule is CC1(C)c2cc(-c3ccc(C4C=Cc5c(c6ccccc6c6ccccc56)C4)cc3)ccc2Oc2c1ccc1c2oc2ccccc21. The summed E-state index contributed by atoms with van der Waals surface area (Å²) in [5.41, 5.74) is 10.4. The minimum atomic E-state index is -0.251. The topological polar surface area (TPSA) is 22.4 Å². The Hall–Kier alpha value is -5.60.